The lowest BCUT2D eigenvalue weighted by Gasteiger charge is -2.17. The SMILES string of the molecule is CCCc1cc(=O)oc2cc(OC(=O)[C@@H](CCC)NC(=O)OCc3ccccc3)ccc12. The number of fused-ring (bicyclic) bond motifs is 1. The van der Waals surface area contributed by atoms with Gasteiger partial charge in [0.1, 0.15) is 24.0 Å². The van der Waals surface area contributed by atoms with Crippen molar-refractivity contribution in [1.82, 2.24) is 5.32 Å². The fourth-order valence-electron chi connectivity index (χ4n) is 3.38. The Balaban J connectivity index is 1.67. The topological polar surface area (TPSA) is 94.8 Å². The lowest BCUT2D eigenvalue weighted by molar-refractivity contribution is -0.136. The van der Waals surface area contributed by atoms with Gasteiger partial charge in [0.15, 0.2) is 0 Å². The van der Waals surface area contributed by atoms with E-state index in [2.05, 4.69) is 5.32 Å². The van der Waals surface area contributed by atoms with E-state index in [-0.39, 0.29) is 12.4 Å². The first kappa shape index (κ1) is 23.1. The van der Waals surface area contributed by atoms with Gasteiger partial charge in [0.2, 0.25) is 0 Å². The molecular weight excluding hydrogens is 410 g/mol. The minimum Gasteiger partial charge on any atom is -0.445 e. The molecule has 1 aromatic heterocycles. The third-order valence-corrected chi connectivity index (χ3v) is 4.91. The monoisotopic (exact) mass is 437 g/mol. The molecule has 7 heteroatoms. The third kappa shape index (κ3) is 6.20. The second-order valence-electron chi connectivity index (χ2n) is 7.47. The predicted octanol–water partition coefficient (Wildman–Crippen LogP) is 4.75. The fourth-order valence-corrected chi connectivity index (χ4v) is 3.38. The molecule has 168 valence electrons. The van der Waals surface area contributed by atoms with Crippen LogP contribution in [0.5, 0.6) is 5.75 Å². The Labute approximate surface area is 186 Å². The van der Waals surface area contributed by atoms with E-state index in [9.17, 15) is 14.4 Å². The Kier molecular flexibility index (Phi) is 8.02. The van der Waals surface area contributed by atoms with Gasteiger partial charge in [-0.1, -0.05) is 57.0 Å². The van der Waals surface area contributed by atoms with Crippen LogP contribution >= 0.6 is 0 Å². The molecule has 3 rings (SSSR count). The molecule has 0 saturated carbocycles. The molecule has 0 saturated heterocycles. The molecule has 0 fully saturated rings. The molecule has 0 aliphatic carbocycles. The van der Waals surface area contributed by atoms with E-state index in [1.54, 1.807) is 12.1 Å². The molecule has 0 unspecified atom stereocenters. The molecule has 0 aliphatic heterocycles. The van der Waals surface area contributed by atoms with Gasteiger partial charge in [-0.05, 0) is 36.1 Å². The number of amides is 1. The van der Waals surface area contributed by atoms with Crippen LogP contribution in [0.25, 0.3) is 11.0 Å². The molecule has 32 heavy (non-hydrogen) atoms. The van der Waals surface area contributed by atoms with E-state index < -0.39 is 23.7 Å². The molecule has 1 N–H and O–H groups in total. The summed E-state index contributed by atoms with van der Waals surface area (Å²) in [5, 5.41) is 3.38. The van der Waals surface area contributed by atoms with E-state index in [1.165, 1.54) is 12.1 Å². The van der Waals surface area contributed by atoms with Crippen molar-refractivity contribution >= 4 is 23.0 Å². The number of hydrogen-bond acceptors (Lipinski definition) is 6. The Morgan fingerprint density at radius 1 is 1.03 bits per heavy atom. The van der Waals surface area contributed by atoms with E-state index in [0.717, 1.165) is 29.4 Å². The molecule has 1 heterocycles. The van der Waals surface area contributed by atoms with Crippen molar-refractivity contribution < 1.29 is 23.5 Å². The quantitative estimate of drug-likeness (QED) is 0.295. The Morgan fingerprint density at radius 3 is 2.53 bits per heavy atom. The van der Waals surface area contributed by atoms with E-state index in [4.69, 9.17) is 13.9 Å². The van der Waals surface area contributed by atoms with Crippen LogP contribution in [-0.4, -0.2) is 18.1 Å². The maximum absolute atomic E-state index is 12.7. The summed E-state index contributed by atoms with van der Waals surface area (Å²) in [6.07, 6.45) is 1.99. The number of alkyl carbamates (subject to hydrolysis) is 1. The first-order chi connectivity index (χ1) is 15.5. The van der Waals surface area contributed by atoms with Crippen LogP contribution < -0.4 is 15.7 Å². The number of aryl methyl sites for hydroxylation is 1. The normalized spacial score (nSPS) is 11.7. The van der Waals surface area contributed by atoms with Crippen LogP contribution in [0.1, 0.15) is 44.2 Å². The van der Waals surface area contributed by atoms with Crippen molar-refractivity contribution in [2.45, 2.75) is 52.2 Å². The van der Waals surface area contributed by atoms with Crippen molar-refractivity contribution in [3.8, 4) is 5.75 Å². The van der Waals surface area contributed by atoms with Crippen molar-refractivity contribution in [2.24, 2.45) is 0 Å². The van der Waals surface area contributed by atoms with E-state index in [1.807, 2.05) is 44.2 Å². The van der Waals surface area contributed by atoms with Crippen LogP contribution in [0.2, 0.25) is 0 Å². The van der Waals surface area contributed by atoms with Gasteiger partial charge in [-0.3, -0.25) is 0 Å². The standard InChI is InChI=1S/C25H27NO6/c1-3-8-18-14-23(27)32-22-15-19(12-13-20(18)22)31-24(28)21(9-4-2)26-25(29)30-16-17-10-6-5-7-11-17/h5-7,10-15,21H,3-4,8-9,16H2,1-2H3,(H,26,29)/t21-/m1/s1. The zero-order chi connectivity index (χ0) is 22.9. The van der Waals surface area contributed by atoms with Crippen LogP contribution in [0.3, 0.4) is 0 Å². The fraction of sp³-hybridized carbons (Fsp3) is 0.320. The number of rotatable bonds is 9. The smallest absolute Gasteiger partial charge is 0.408 e. The van der Waals surface area contributed by atoms with Gasteiger partial charge in [0.05, 0.1) is 0 Å². The molecule has 0 bridgehead atoms. The van der Waals surface area contributed by atoms with Gasteiger partial charge in [0.25, 0.3) is 0 Å². The molecule has 0 aliphatic rings. The van der Waals surface area contributed by atoms with Gasteiger partial charge in [0, 0.05) is 17.5 Å². The summed E-state index contributed by atoms with van der Waals surface area (Å²) in [6, 6.07) is 14.8. The Morgan fingerprint density at radius 2 is 1.81 bits per heavy atom. The number of carbonyl (C=O) groups excluding carboxylic acids is 2. The summed E-state index contributed by atoms with van der Waals surface area (Å²) in [7, 11) is 0. The predicted molar refractivity (Wildman–Crippen MR) is 121 cm³/mol. The average Bonchev–Trinajstić information content (AvgIpc) is 2.78. The van der Waals surface area contributed by atoms with Crippen molar-refractivity contribution in [1.29, 1.82) is 0 Å². The second kappa shape index (κ2) is 11.1. The summed E-state index contributed by atoms with van der Waals surface area (Å²) in [5.74, 6) is -0.380. The lowest BCUT2D eigenvalue weighted by Crippen LogP contribution is -2.43. The number of esters is 1. The highest BCUT2D eigenvalue weighted by Crippen LogP contribution is 2.24. The first-order valence-electron chi connectivity index (χ1n) is 10.8. The molecule has 2 aromatic carbocycles. The summed E-state index contributed by atoms with van der Waals surface area (Å²) in [4.78, 5) is 36.7. The van der Waals surface area contributed by atoms with E-state index >= 15 is 0 Å². The third-order valence-electron chi connectivity index (χ3n) is 4.91. The van der Waals surface area contributed by atoms with Crippen LogP contribution in [-0.2, 0) is 22.6 Å². The number of nitrogens with one attached hydrogen (secondary N) is 1. The maximum atomic E-state index is 12.7. The van der Waals surface area contributed by atoms with Crippen LogP contribution in [0, 0.1) is 0 Å². The molecule has 1 amide bonds. The molecule has 7 nitrogen and oxygen atoms in total. The second-order valence-corrected chi connectivity index (χ2v) is 7.47. The molecule has 1 atom stereocenters. The van der Waals surface area contributed by atoms with E-state index in [0.29, 0.717) is 18.4 Å². The van der Waals surface area contributed by atoms with Crippen molar-refractivity contribution in [3.63, 3.8) is 0 Å². The Bertz CT molecular complexity index is 1120. The zero-order valence-electron chi connectivity index (χ0n) is 18.3. The number of hydrogen-bond donors (Lipinski definition) is 1. The Hall–Kier alpha value is -3.61. The highest BCUT2D eigenvalue weighted by molar-refractivity contribution is 5.85. The summed E-state index contributed by atoms with van der Waals surface area (Å²) < 4.78 is 16.0. The minimum absolute atomic E-state index is 0.102. The van der Waals surface area contributed by atoms with Gasteiger partial charge in [-0.25, -0.2) is 14.4 Å². The van der Waals surface area contributed by atoms with Crippen LogP contribution in [0.4, 0.5) is 4.79 Å². The van der Waals surface area contributed by atoms with Crippen molar-refractivity contribution in [2.75, 3.05) is 0 Å². The number of carbonyl (C=O) groups is 2. The molecule has 0 spiro atoms. The molecule has 0 radical (unpaired) electrons. The zero-order valence-corrected chi connectivity index (χ0v) is 18.3. The summed E-state index contributed by atoms with van der Waals surface area (Å²) >= 11 is 0. The van der Waals surface area contributed by atoms with Crippen molar-refractivity contribution in [3.05, 3.63) is 76.1 Å². The van der Waals surface area contributed by atoms with Crippen LogP contribution in [0.15, 0.2) is 63.8 Å². The van der Waals surface area contributed by atoms with Gasteiger partial charge in [-0.15, -0.1) is 0 Å². The summed E-state index contributed by atoms with van der Waals surface area (Å²) in [6.45, 7) is 4.03. The highest BCUT2D eigenvalue weighted by atomic mass is 16.6. The van der Waals surface area contributed by atoms with Gasteiger partial charge in [-0.2, -0.15) is 0 Å². The summed E-state index contributed by atoms with van der Waals surface area (Å²) in [5.41, 5.74) is 1.64. The first-order valence-corrected chi connectivity index (χ1v) is 10.8. The lowest BCUT2D eigenvalue weighted by atomic mass is 10.1. The van der Waals surface area contributed by atoms with Gasteiger partial charge >= 0.3 is 17.7 Å². The average molecular weight is 437 g/mol. The number of benzene rings is 2. The highest BCUT2D eigenvalue weighted by Gasteiger charge is 2.23. The molecular formula is C25H27NO6. The van der Waals surface area contributed by atoms with Gasteiger partial charge < -0.3 is 19.2 Å². The molecule has 3 aromatic rings. The number of ether oxygens (including phenoxy) is 2. The minimum atomic E-state index is -0.864. The largest absolute Gasteiger partial charge is 0.445 e. The maximum Gasteiger partial charge on any atom is 0.408 e.